The Kier molecular flexibility index (Phi) is 7.82. The van der Waals surface area contributed by atoms with Crippen LogP contribution in [0.5, 0.6) is 0 Å². The Morgan fingerprint density at radius 2 is 1.26 bits per heavy atom. The minimum absolute atomic E-state index is 0.390. The molecule has 0 aliphatic heterocycles. The third kappa shape index (κ3) is 5.65. The van der Waals surface area contributed by atoms with Gasteiger partial charge in [0.25, 0.3) is 5.79 Å². The van der Waals surface area contributed by atoms with Gasteiger partial charge in [0.05, 0.1) is 0 Å². The minimum Gasteiger partial charge on any atom is -0.390 e. The molecule has 10 heteroatoms. The lowest BCUT2D eigenvalue weighted by molar-refractivity contribution is -0.334. The summed E-state index contributed by atoms with van der Waals surface area (Å²) in [4.78, 5) is 11.0. The molecule has 0 aromatic heterocycles. The monoisotopic (exact) mass is 430 g/mol. The molecule has 3 N–H and O–H groups in total. The maximum atomic E-state index is 14.4. The molecule has 0 rings (SSSR count). The van der Waals surface area contributed by atoms with E-state index in [1.54, 1.807) is 47.0 Å². The van der Waals surface area contributed by atoms with Crippen LogP contribution >= 0.6 is 0 Å². The number of alkyl halides is 2. The van der Waals surface area contributed by atoms with Gasteiger partial charge in [0, 0.05) is 0 Å². The van der Waals surface area contributed by atoms with Crippen molar-refractivity contribution in [3.8, 4) is 0 Å². The predicted octanol–water partition coefficient (Wildman–Crippen LogP) is 3.23. The highest BCUT2D eigenvalue weighted by molar-refractivity contribution is 6.74. The molecule has 0 radical (unpaired) electrons. The number of carbonyl (C=O) groups is 1. The van der Waals surface area contributed by atoms with Crippen molar-refractivity contribution in [2.45, 2.75) is 102 Å². The Balaban J connectivity index is 6.02. The Labute approximate surface area is 163 Å². The number of rotatable bonds is 8. The van der Waals surface area contributed by atoms with E-state index in [0.29, 0.717) is 0 Å². The van der Waals surface area contributed by atoms with Gasteiger partial charge >= 0.3 is 5.92 Å². The number of aliphatic hydroxyl groups is 3. The van der Waals surface area contributed by atoms with Crippen molar-refractivity contribution < 1.29 is 37.7 Å². The normalized spacial score (nSPS) is 19.4. The van der Waals surface area contributed by atoms with Crippen molar-refractivity contribution in [2.24, 2.45) is 0 Å². The van der Waals surface area contributed by atoms with Crippen molar-refractivity contribution in [1.82, 2.24) is 0 Å². The Hall–Kier alpha value is -0.236. The molecule has 0 aromatic rings. The Morgan fingerprint density at radius 3 is 1.56 bits per heavy atom. The number of aliphatic hydroxyl groups excluding tert-OH is 2. The zero-order valence-corrected chi connectivity index (χ0v) is 20.1. The summed E-state index contributed by atoms with van der Waals surface area (Å²) < 4.78 is 39.6. The summed E-state index contributed by atoms with van der Waals surface area (Å²) in [6.45, 7) is 17.4. The van der Waals surface area contributed by atoms with Gasteiger partial charge in [-0.05, 0) is 36.3 Å². The first-order valence-corrected chi connectivity index (χ1v) is 14.7. The highest BCUT2D eigenvalue weighted by atomic mass is 28.4. The first kappa shape index (κ1) is 26.8. The average Bonchev–Trinajstić information content (AvgIpc) is 2.42. The fourth-order valence-corrected chi connectivity index (χ4v) is 4.12. The molecule has 0 fully saturated rings. The lowest BCUT2D eigenvalue weighted by Crippen LogP contribution is -2.68. The van der Waals surface area contributed by atoms with E-state index in [2.05, 4.69) is 0 Å². The molecule has 0 spiro atoms. The van der Waals surface area contributed by atoms with Crippen LogP contribution in [0.2, 0.25) is 36.3 Å². The van der Waals surface area contributed by atoms with Gasteiger partial charge in [-0.15, -0.1) is 0 Å². The fourth-order valence-electron chi connectivity index (χ4n) is 1.69. The largest absolute Gasteiger partial charge is 0.390 e. The Morgan fingerprint density at radius 1 is 0.889 bits per heavy atom. The number of halogens is 2. The van der Waals surface area contributed by atoms with Crippen LogP contribution in [0.25, 0.3) is 0 Å². The SMILES string of the molecule is CC(C)(C)[Si](C)(C)OC(O)[C@@H](O)[C@](O)(O[Si](C)(C)C(C)(C)C)C(F)(F)C=O. The van der Waals surface area contributed by atoms with Crippen LogP contribution in [-0.4, -0.2) is 62.3 Å². The van der Waals surface area contributed by atoms with Crippen molar-refractivity contribution in [2.75, 3.05) is 0 Å². The van der Waals surface area contributed by atoms with E-state index in [0.717, 1.165) is 0 Å². The molecule has 0 aliphatic rings. The summed E-state index contributed by atoms with van der Waals surface area (Å²) in [6, 6.07) is 0. The molecule has 0 amide bonds. The van der Waals surface area contributed by atoms with Crippen LogP contribution in [0.4, 0.5) is 8.78 Å². The van der Waals surface area contributed by atoms with E-state index in [-0.39, 0.29) is 5.04 Å². The quantitative estimate of drug-likeness (QED) is 0.311. The molecular weight excluding hydrogens is 394 g/mol. The molecule has 0 aromatic carbocycles. The molecule has 0 saturated heterocycles. The van der Waals surface area contributed by atoms with Crippen LogP contribution in [0.3, 0.4) is 0 Å². The van der Waals surface area contributed by atoms with Gasteiger partial charge in [-0.1, -0.05) is 41.5 Å². The van der Waals surface area contributed by atoms with Crippen molar-refractivity contribution in [3.05, 3.63) is 0 Å². The zero-order chi connectivity index (χ0) is 22.3. The molecule has 0 bridgehead atoms. The first-order valence-electron chi connectivity index (χ1n) is 8.86. The fraction of sp³-hybridized carbons (Fsp3) is 0.941. The predicted molar refractivity (Wildman–Crippen MR) is 105 cm³/mol. The van der Waals surface area contributed by atoms with Crippen LogP contribution in [0.1, 0.15) is 41.5 Å². The molecule has 162 valence electrons. The number of hydrogen-bond donors (Lipinski definition) is 3. The van der Waals surface area contributed by atoms with Crippen LogP contribution in [0.15, 0.2) is 0 Å². The second kappa shape index (κ2) is 7.88. The molecular formula is C17H36F2O6Si2. The maximum absolute atomic E-state index is 14.4. The lowest BCUT2D eigenvalue weighted by atomic mass is 10.0. The maximum Gasteiger partial charge on any atom is 0.356 e. The minimum atomic E-state index is -4.46. The topological polar surface area (TPSA) is 96.2 Å². The molecule has 3 atom stereocenters. The van der Waals surface area contributed by atoms with E-state index < -0.39 is 52.1 Å². The average molecular weight is 431 g/mol. The molecule has 1 unspecified atom stereocenters. The summed E-state index contributed by atoms with van der Waals surface area (Å²) in [5.74, 6) is -8.08. The summed E-state index contributed by atoms with van der Waals surface area (Å²) in [6.07, 6.45) is -5.50. The third-order valence-corrected chi connectivity index (χ3v) is 14.6. The van der Waals surface area contributed by atoms with E-state index in [4.69, 9.17) is 8.85 Å². The van der Waals surface area contributed by atoms with Crippen molar-refractivity contribution in [1.29, 1.82) is 0 Å². The van der Waals surface area contributed by atoms with Crippen LogP contribution in [0, 0.1) is 0 Å². The van der Waals surface area contributed by atoms with E-state index in [1.165, 1.54) is 0 Å². The van der Waals surface area contributed by atoms with E-state index >= 15 is 0 Å². The van der Waals surface area contributed by atoms with E-state index in [9.17, 15) is 28.9 Å². The highest BCUT2D eigenvalue weighted by Gasteiger charge is 2.64. The van der Waals surface area contributed by atoms with Gasteiger partial charge in [-0.25, -0.2) is 0 Å². The summed E-state index contributed by atoms with van der Waals surface area (Å²) in [5, 5.41) is 30.4. The standard InChI is InChI=1S/C17H36F2O6Si2/c1-14(2,3)26(7,8)24-13(22)12(21)17(23,16(18,19)11-20)25-27(9,10)15(4,5)6/h11-13,21-23H,1-10H3/t12-,13?,17+/m1/s1. The second-order valence-corrected chi connectivity index (χ2v) is 19.5. The van der Waals surface area contributed by atoms with Gasteiger partial charge in [0.1, 0.15) is 0 Å². The van der Waals surface area contributed by atoms with Crippen LogP contribution < -0.4 is 0 Å². The van der Waals surface area contributed by atoms with Gasteiger partial charge in [-0.2, -0.15) is 8.78 Å². The van der Waals surface area contributed by atoms with Gasteiger partial charge in [0.15, 0.2) is 35.3 Å². The van der Waals surface area contributed by atoms with Crippen molar-refractivity contribution in [3.63, 3.8) is 0 Å². The summed E-state index contributed by atoms with van der Waals surface area (Å²) >= 11 is 0. The van der Waals surface area contributed by atoms with Crippen LogP contribution in [-0.2, 0) is 13.6 Å². The van der Waals surface area contributed by atoms with Crippen molar-refractivity contribution >= 4 is 22.9 Å². The number of hydrogen-bond acceptors (Lipinski definition) is 6. The lowest BCUT2D eigenvalue weighted by Gasteiger charge is -2.47. The molecule has 0 aliphatic carbocycles. The summed E-state index contributed by atoms with van der Waals surface area (Å²) in [5.41, 5.74) is 0. The number of aldehydes is 1. The van der Waals surface area contributed by atoms with Gasteiger partial charge in [-0.3, -0.25) is 4.79 Å². The second-order valence-electron chi connectivity index (χ2n) is 10.0. The molecule has 27 heavy (non-hydrogen) atoms. The first-order chi connectivity index (χ1) is 11.6. The zero-order valence-electron chi connectivity index (χ0n) is 18.1. The summed E-state index contributed by atoms with van der Waals surface area (Å²) in [7, 11) is -5.75. The third-order valence-electron chi connectivity index (χ3n) is 5.74. The van der Waals surface area contributed by atoms with Gasteiger partial charge in [0.2, 0.25) is 0 Å². The Bertz CT molecular complexity index is 528. The molecule has 0 saturated carbocycles. The number of carbonyl (C=O) groups excluding carboxylic acids is 1. The van der Waals surface area contributed by atoms with Gasteiger partial charge < -0.3 is 24.2 Å². The molecule has 6 nitrogen and oxygen atoms in total. The highest BCUT2D eigenvalue weighted by Crippen LogP contribution is 2.44. The van der Waals surface area contributed by atoms with E-state index in [1.807, 2.05) is 20.8 Å². The molecule has 0 heterocycles. The smallest absolute Gasteiger partial charge is 0.356 e.